The van der Waals surface area contributed by atoms with Crippen LogP contribution in [0, 0.1) is 0 Å². The van der Waals surface area contributed by atoms with Gasteiger partial charge in [0.25, 0.3) is 0 Å². The van der Waals surface area contributed by atoms with Crippen molar-refractivity contribution in [2.24, 2.45) is 0 Å². The first-order valence-corrected chi connectivity index (χ1v) is 18.7. The van der Waals surface area contributed by atoms with Gasteiger partial charge in [0.15, 0.2) is 11.9 Å². The number of halogens is 3. The Kier molecular flexibility index (Phi) is 18.0. The predicted molar refractivity (Wildman–Crippen MR) is 193 cm³/mol. The Morgan fingerprint density at radius 1 is 0.700 bits per heavy atom. The topological polar surface area (TPSA) is 89.4 Å². The number of esters is 1. The standard InChI is InChI=1S/C41H55F3N2O4/c1-3-5-7-9-10-11-12-13-14-15-16-17-18-20-31-29-45-38(46-30-31)34-26-27-35(39(47)48)36(28-34)32-22-24-33(25-23-32)40(49)50-37(41(42,43)44)21-19-8-6-4-2/h22-30,37H,3-21H2,1-2H3,(H,47,48). The summed E-state index contributed by atoms with van der Waals surface area (Å²) in [5.74, 6) is -1.76. The van der Waals surface area contributed by atoms with Crippen molar-refractivity contribution in [2.45, 2.75) is 148 Å². The molecule has 0 aliphatic rings. The number of aromatic nitrogens is 2. The van der Waals surface area contributed by atoms with Crippen molar-refractivity contribution >= 4 is 11.9 Å². The van der Waals surface area contributed by atoms with E-state index < -0.39 is 24.2 Å². The van der Waals surface area contributed by atoms with Crippen molar-refractivity contribution < 1.29 is 32.6 Å². The Bertz CT molecular complexity index is 1430. The number of rotatable bonds is 24. The van der Waals surface area contributed by atoms with Gasteiger partial charge in [-0.25, -0.2) is 19.6 Å². The van der Waals surface area contributed by atoms with E-state index >= 15 is 0 Å². The number of nitrogens with zero attached hydrogens (tertiary/aromatic N) is 2. The number of carboxylic acid groups (broad SMARTS) is 1. The van der Waals surface area contributed by atoms with Crippen LogP contribution in [0.2, 0.25) is 0 Å². The van der Waals surface area contributed by atoms with Crippen LogP contribution in [0.15, 0.2) is 54.9 Å². The van der Waals surface area contributed by atoms with Crippen molar-refractivity contribution in [1.29, 1.82) is 0 Å². The monoisotopic (exact) mass is 696 g/mol. The number of unbranched alkanes of at least 4 members (excludes halogenated alkanes) is 15. The molecule has 2 aromatic carbocycles. The summed E-state index contributed by atoms with van der Waals surface area (Å²) in [5.41, 5.74) is 2.51. The van der Waals surface area contributed by atoms with E-state index in [0.717, 1.165) is 31.2 Å². The normalized spacial score (nSPS) is 12.2. The molecule has 9 heteroatoms. The lowest BCUT2D eigenvalue weighted by molar-refractivity contribution is -0.206. The molecular formula is C41H55F3N2O4. The zero-order chi connectivity index (χ0) is 36.2. The highest BCUT2D eigenvalue weighted by Gasteiger charge is 2.42. The average Bonchev–Trinajstić information content (AvgIpc) is 3.11. The molecule has 3 rings (SSSR count). The van der Waals surface area contributed by atoms with Gasteiger partial charge in [0.2, 0.25) is 0 Å². The van der Waals surface area contributed by atoms with Crippen LogP contribution in [0.1, 0.15) is 156 Å². The van der Waals surface area contributed by atoms with Gasteiger partial charge in [-0.1, -0.05) is 128 Å². The van der Waals surface area contributed by atoms with Crippen LogP contribution in [-0.2, 0) is 11.2 Å². The number of hydrogen-bond acceptors (Lipinski definition) is 5. The van der Waals surface area contributed by atoms with Crippen LogP contribution >= 0.6 is 0 Å². The molecular weight excluding hydrogens is 641 g/mol. The third-order valence-electron chi connectivity index (χ3n) is 9.15. The number of carboxylic acids is 1. The van der Waals surface area contributed by atoms with Gasteiger partial charge in [-0.15, -0.1) is 0 Å². The number of benzene rings is 2. The number of carbonyl (C=O) groups excluding carboxylic acids is 1. The number of hydrogen-bond donors (Lipinski definition) is 1. The van der Waals surface area contributed by atoms with Gasteiger partial charge < -0.3 is 9.84 Å². The number of carbonyl (C=O) groups is 2. The van der Waals surface area contributed by atoms with E-state index in [9.17, 15) is 27.9 Å². The maximum Gasteiger partial charge on any atom is 0.425 e. The van der Waals surface area contributed by atoms with E-state index in [1.807, 2.05) is 19.3 Å². The van der Waals surface area contributed by atoms with Crippen LogP contribution in [-0.4, -0.2) is 39.3 Å². The lowest BCUT2D eigenvalue weighted by Gasteiger charge is -2.20. The molecule has 1 heterocycles. The minimum atomic E-state index is -4.66. The summed E-state index contributed by atoms with van der Waals surface area (Å²) in [4.78, 5) is 33.8. The summed E-state index contributed by atoms with van der Waals surface area (Å²) < 4.78 is 45.5. The van der Waals surface area contributed by atoms with E-state index in [1.54, 1.807) is 12.1 Å². The lowest BCUT2D eigenvalue weighted by Crippen LogP contribution is -2.33. The number of aromatic carboxylic acids is 1. The third kappa shape index (κ3) is 14.2. The molecule has 1 N–H and O–H groups in total. The van der Waals surface area contributed by atoms with Crippen LogP contribution in [0.5, 0.6) is 0 Å². The lowest BCUT2D eigenvalue weighted by atomic mass is 9.96. The Balaban J connectivity index is 1.54. The first kappa shape index (κ1) is 40.7. The number of alkyl halides is 3. The van der Waals surface area contributed by atoms with Gasteiger partial charge in [-0.05, 0) is 66.6 Å². The van der Waals surface area contributed by atoms with Crippen LogP contribution in [0.4, 0.5) is 13.2 Å². The van der Waals surface area contributed by atoms with Crippen molar-refractivity contribution in [3.05, 3.63) is 71.5 Å². The number of ether oxygens (including phenoxy) is 1. The molecule has 0 amide bonds. The summed E-state index contributed by atoms with van der Waals surface area (Å²) >= 11 is 0. The highest BCUT2D eigenvalue weighted by Crippen LogP contribution is 2.31. The maximum atomic E-state index is 13.5. The van der Waals surface area contributed by atoms with E-state index in [2.05, 4.69) is 16.9 Å². The summed E-state index contributed by atoms with van der Waals surface area (Å²) in [5, 5.41) is 9.85. The molecule has 0 fully saturated rings. The van der Waals surface area contributed by atoms with Crippen LogP contribution in [0.3, 0.4) is 0 Å². The van der Waals surface area contributed by atoms with Gasteiger partial charge in [-0.2, -0.15) is 13.2 Å². The first-order chi connectivity index (χ1) is 24.1. The summed E-state index contributed by atoms with van der Waals surface area (Å²) in [6.07, 6.45) is 17.0. The van der Waals surface area contributed by atoms with Gasteiger partial charge in [0.1, 0.15) is 0 Å². The smallest absolute Gasteiger partial charge is 0.425 e. The Morgan fingerprint density at radius 2 is 1.20 bits per heavy atom. The Labute approximate surface area is 296 Å². The molecule has 0 bridgehead atoms. The van der Waals surface area contributed by atoms with Crippen LogP contribution < -0.4 is 0 Å². The second-order valence-corrected chi connectivity index (χ2v) is 13.3. The highest BCUT2D eigenvalue weighted by molar-refractivity contribution is 5.97. The SMILES string of the molecule is CCCCCCCCCCCCCCCc1cnc(-c2ccc(C(=O)O)c(-c3ccc(C(=O)OC(CCCCCC)C(F)(F)F)cc3)c2)nc1. The van der Waals surface area contributed by atoms with Crippen molar-refractivity contribution in [3.63, 3.8) is 0 Å². The van der Waals surface area contributed by atoms with Gasteiger partial charge in [0.05, 0.1) is 11.1 Å². The summed E-state index contributed by atoms with van der Waals surface area (Å²) in [6.45, 7) is 4.22. The second kappa shape index (κ2) is 22.1. The van der Waals surface area contributed by atoms with Gasteiger partial charge in [0, 0.05) is 18.0 Å². The quantitative estimate of drug-likeness (QED) is 0.0741. The van der Waals surface area contributed by atoms with E-state index in [0.29, 0.717) is 35.4 Å². The first-order valence-electron chi connectivity index (χ1n) is 18.7. The second-order valence-electron chi connectivity index (χ2n) is 13.3. The molecule has 0 saturated carbocycles. The zero-order valence-electron chi connectivity index (χ0n) is 29.9. The van der Waals surface area contributed by atoms with Crippen molar-refractivity contribution in [3.8, 4) is 22.5 Å². The molecule has 0 spiro atoms. The Hall–Kier alpha value is -3.75. The molecule has 50 heavy (non-hydrogen) atoms. The molecule has 0 aliphatic heterocycles. The fourth-order valence-electron chi connectivity index (χ4n) is 6.12. The van der Waals surface area contributed by atoms with E-state index in [-0.39, 0.29) is 17.5 Å². The highest BCUT2D eigenvalue weighted by atomic mass is 19.4. The fraction of sp³-hybridized carbons (Fsp3) is 0.561. The predicted octanol–water partition coefficient (Wildman–Crippen LogP) is 12.2. The summed E-state index contributed by atoms with van der Waals surface area (Å²) in [7, 11) is 0. The van der Waals surface area contributed by atoms with Crippen molar-refractivity contribution in [1.82, 2.24) is 9.97 Å². The zero-order valence-corrected chi connectivity index (χ0v) is 29.9. The minimum Gasteiger partial charge on any atom is -0.478 e. The largest absolute Gasteiger partial charge is 0.478 e. The minimum absolute atomic E-state index is 0.0346. The molecule has 1 atom stereocenters. The molecule has 1 unspecified atom stereocenters. The van der Waals surface area contributed by atoms with Gasteiger partial charge >= 0.3 is 18.1 Å². The molecule has 0 radical (unpaired) electrons. The molecule has 6 nitrogen and oxygen atoms in total. The van der Waals surface area contributed by atoms with E-state index in [4.69, 9.17) is 4.74 Å². The maximum absolute atomic E-state index is 13.5. The molecule has 0 aliphatic carbocycles. The molecule has 3 aromatic rings. The van der Waals surface area contributed by atoms with Crippen LogP contribution in [0.25, 0.3) is 22.5 Å². The van der Waals surface area contributed by atoms with E-state index in [1.165, 1.54) is 107 Å². The third-order valence-corrected chi connectivity index (χ3v) is 9.15. The summed E-state index contributed by atoms with van der Waals surface area (Å²) in [6, 6.07) is 10.5. The fourth-order valence-corrected chi connectivity index (χ4v) is 6.12. The molecule has 0 saturated heterocycles. The number of aryl methyl sites for hydroxylation is 1. The molecule has 274 valence electrons. The van der Waals surface area contributed by atoms with Gasteiger partial charge in [-0.3, -0.25) is 0 Å². The molecule has 1 aromatic heterocycles. The average molecular weight is 697 g/mol. The van der Waals surface area contributed by atoms with Crippen molar-refractivity contribution in [2.75, 3.05) is 0 Å². The Morgan fingerprint density at radius 3 is 1.72 bits per heavy atom.